The summed E-state index contributed by atoms with van der Waals surface area (Å²) in [7, 11) is -39.3. The second-order valence-electron chi connectivity index (χ2n) is 13.2. The van der Waals surface area contributed by atoms with E-state index in [-0.39, 0.29) is 78.3 Å². The van der Waals surface area contributed by atoms with Crippen LogP contribution in [-0.2, 0) is 53.3 Å². The molecular formula is C36H64N6O32P6. The average molecular weight is 1280 g/mol. The molecule has 80 heavy (non-hydrogen) atoms. The van der Waals surface area contributed by atoms with Gasteiger partial charge in [-0.05, 0) is 72.8 Å². The number of phenolic OH excluding ortho intramolecular Hbond substituents is 6. The number of phosphoric acid groups is 6. The van der Waals surface area contributed by atoms with Gasteiger partial charge in [-0.2, -0.15) is 0 Å². The molecule has 0 atom stereocenters. The van der Waals surface area contributed by atoms with E-state index in [1.54, 1.807) is 146 Å². The average Bonchev–Trinajstić information content (AvgIpc) is 3.23. The topological polar surface area (TPSA) is 835 Å². The van der Waals surface area contributed by atoms with Crippen molar-refractivity contribution in [3.8, 4) is 34.5 Å². The third-order valence-electron chi connectivity index (χ3n) is 6.82. The number of rotatable bonds is 0. The van der Waals surface area contributed by atoms with Crippen LogP contribution in [0.1, 0.15) is 0 Å². The van der Waals surface area contributed by atoms with E-state index < -0.39 is 46.9 Å². The van der Waals surface area contributed by atoms with Gasteiger partial charge in [0.15, 0.2) is 0 Å². The highest BCUT2D eigenvalue weighted by atomic mass is 31.3. The number of hydrogen-bond acceptors (Lipinski definition) is 24. The fraction of sp³-hybridized carbons (Fsp3) is 0. The molecule has 40 N–H and O–H groups in total. The Hall–Kier alpha value is -5.54. The van der Waals surface area contributed by atoms with Crippen LogP contribution >= 0.6 is 46.9 Å². The fourth-order valence-corrected chi connectivity index (χ4v) is 12.0. The third-order valence-corrected chi connectivity index (χ3v) is 16.4. The number of quaternary nitrogens is 6. The molecule has 1 aliphatic heterocycles. The van der Waals surface area contributed by atoms with Gasteiger partial charge in [0.1, 0.15) is 68.6 Å². The van der Waals surface area contributed by atoms with Gasteiger partial charge in [-0.15, -0.1) is 0 Å². The molecule has 0 aliphatic carbocycles. The maximum absolute atomic E-state index is 11.0. The maximum atomic E-state index is 11.0. The Labute approximate surface area is 451 Å². The van der Waals surface area contributed by atoms with Gasteiger partial charge in [0.05, 0.1) is 0 Å². The summed E-state index contributed by atoms with van der Waals surface area (Å²) >= 11 is 0. The normalized spacial score (nSPS) is 22.1. The van der Waals surface area contributed by atoms with Crippen LogP contribution in [0, 0.1) is 0 Å². The molecule has 0 aromatic heterocycles. The fourth-order valence-electron chi connectivity index (χ4n) is 3.80. The van der Waals surface area contributed by atoms with E-state index in [0.717, 1.165) is 34.1 Å². The second-order valence-corrected chi connectivity index (χ2v) is 22.5. The number of phenols is 6. The largest absolute Gasteiger partial charge is 0.756 e. The van der Waals surface area contributed by atoms with E-state index in [1.165, 1.54) is 0 Å². The van der Waals surface area contributed by atoms with Crippen LogP contribution in [0.5, 0.6) is 34.5 Å². The van der Waals surface area contributed by atoms with Crippen LogP contribution in [0.25, 0.3) is 0 Å². The zero-order valence-corrected chi connectivity index (χ0v) is 46.2. The molecule has 0 bridgehead atoms. The van der Waals surface area contributed by atoms with Crippen LogP contribution < -0.4 is 63.8 Å². The summed E-state index contributed by atoms with van der Waals surface area (Å²) in [5.41, 5.74) is 27.4. The van der Waals surface area contributed by atoms with E-state index >= 15 is 0 Å². The van der Waals surface area contributed by atoms with Gasteiger partial charge in [-0.1, -0.05) is 0 Å². The van der Waals surface area contributed by atoms with Crippen LogP contribution in [0.15, 0.2) is 146 Å². The highest BCUT2D eigenvalue weighted by Gasteiger charge is 2.36. The van der Waals surface area contributed by atoms with Crippen LogP contribution in [0.4, 0.5) is 34.1 Å². The zero-order valence-electron chi connectivity index (χ0n) is 40.8. The summed E-state index contributed by atoms with van der Waals surface area (Å²) in [5, 5.41) is 52.4. The number of benzene rings is 6. The lowest BCUT2D eigenvalue weighted by Gasteiger charge is -2.41. The Bertz CT molecular complexity index is 2220. The molecule has 0 radical (unpaired) electrons. The first kappa shape index (κ1) is 91.0. The molecular weight excluding hydrogens is 1210 g/mol. The molecule has 7 rings (SSSR count). The molecule has 0 saturated carbocycles. The van der Waals surface area contributed by atoms with Crippen molar-refractivity contribution >= 4 is 81.1 Å². The molecule has 6 aromatic rings. The van der Waals surface area contributed by atoms with Crippen LogP contribution in [0.3, 0.4) is 0 Å². The van der Waals surface area contributed by atoms with Gasteiger partial charge in [-0.3, -0.25) is 27.4 Å². The Morgan fingerprint density at radius 2 is 0.300 bits per heavy atom. The van der Waals surface area contributed by atoms with Gasteiger partial charge in [0, 0.05) is 72.8 Å². The molecule has 0 unspecified atom stereocenters. The van der Waals surface area contributed by atoms with Crippen molar-refractivity contribution in [3.63, 3.8) is 0 Å². The Morgan fingerprint density at radius 1 is 0.225 bits per heavy atom. The third kappa shape index (κ3) is 45.2. The highest BCUT2D eigenvalue weighted by molar-refractivity contribution is 7.73. The molecule has 44 heteroatoms. The molecule has 1 fully saturated rings. The molecule has 1 aliphatic rings. The van der Waals surface area contributed by atoms with Gasteiger partial charge in [0.2, 0.25) is 0 Å². The molecule has 1 saturated heterocycles. The van der Waals surface area contributed by atoms with E-state index in [2.05, 4.69) is 60.3 Å². The summed E-state index contributed by atoms with van der Waals surface area (Å²) < 4.78 is 83.4. The Balaban J connectivity index is -0.000000131. The predicted molar refractivity (Wildman–Crippen MR) is 265 cm³/mol. The quantitative estimate of drug-likeness (QED) is 0.0629. The monoisotopic (exact) mass is 1280 g/mol. The first-order valence-corrected chi connectivity index (χ1v) is 27.5. The summed E-state index contributed by atoms with van der Waals surface area (Å²) in [5.74, 6) is 1.74. The smallest absolute Gasteiger partial charge is 0.280 e. The summed E-state index contributed by atoms with van der Waals surface area (Å²) in [6.07, 6.45) is 0. The molecule has 460 valence electrons. The van der Waals surface area contributed by atoms with E-state index in [0.29, 0.717) is 0 Å². The summed E-state index contributed by atoms with van der Waals surface area (Å²) in [4.78, 5) is 65.8. The second kappa shape index (κ2) is 41.5. The predicted octanol–water partition coefficient (Wildman–Crippen LogP) is -8.09. The minimum absolute atomic E-state index is 0. The standard InChI is InChI=1S/6C6H7NO.H6O18P6.8H2O/c6*7-5-1-3-6(8)4-2-5;1-19(2)13-20(3,4)15-22(7,8)17-24(11,12)18-23(9,10)16-21(5,6)14-19;;;;;;;;/h6*1-4,8H,7H2;(H,1,2)(H,3,4)(H,5,6)(H,7,8)(H,9,10)(H,11,12);8*1H2. The van der Waals surface area contributed by atoms with Crippen molar-refractivity contribution in [1.29, 1.82) is 0 Å². The number of hydrogen-bond donors (Lipinski definition) is 12. The Kier molecular flexibility index (Phi) is 47.1. The molecule has 0 amide bonds. The van der Waals surface area contributed by atoms with Gasteiger partial charge in [-0.25, -0.2) is 25.9 Å². The lowest BCUT2D eigenvalue weighted by atomic mass is 10.3. The lowest BCUT2D eigenvalue weighted by Crippen LogP contribution is -2.39. The van der Waals surface area contributed by atoms with Gasteiger partial charge in [0.25, 0.3) is 46.9 Å². The van der Waals surface area contributed by atoms with Crippen molar-refractivity contribution in [2.75, 3.05) is 0 Å². The molecule has 6 aromatic carbocycles. The van der Waals surface area contributed by atoms with E-state index in [4.69, 9.17) is 30.6 Å². The molecule has 38 nitrogen and oxygen atoms in total. The van der Waals surface area contributed by atoms with Crippen LogP contribution in [0.2, 0.25) is 0 Å². The van der Waals surface area contributed by atoms with E-state index in [1.807, 2.05) is 0 Å². The van der Waals surface area contributed by atoms with Crippen molar-refractivity contribution in [3.05, 3.63) is 146 Å². The maximum Gasteiger partial charge on any atom is 0.280 e. The van der Waals surface area contributed by atoms with Crippen molar-refractivity contribution < 1.29 is 191 Å². The van der Waals surface area contributed by atoms with Crippen LogP contribution in [-0.4, -0.2) is 74.4 Å². The van der Waals surface area contributed by atoms with E-state index in [9.17, 15) is 56.8 Å². The first-order chi connectivity index (χ1) is 33.0. The highest BCUT2D eigenvalue weighted by Crippen LogP contribution is 2.74. The lowest BCUT2D eigenvalue weighted by molar-refractivity contribution is -0.264. The van der Waals surface area contributed by atoms with Gasteiger partial charge >= 0.3 is 0 Å². The summed E-state index contributed by atoms with van der Waals surface area (Å²) in [6, 6.07) is 40.5. The zero-order chi connectivity index (χ0) is 55.1. The van der Waals surface area contributed by atoms with Crippen molar-refractivity contribution in [2.45, 2.75) is 0 Å². The SMILES string of the molecule is O.O.O.O.O.O.O.O.O=P1([O-])OP(=O)([O-])OP(=O)([O-])OP(=O)([O-])OP(=O)([O-])OP(=O)([O-])O1.[NH3+]c1ccc(O)cc1.[NH3+]c1ccc(O)cc1.[NH3+]c1ccc(O)cc1.[NH3+]c1ccc(O)cc1.[NH3+]c1ccc(O)cc1.[NH3+]c1ccc(O)cc1. The minimum Gasteiger partial charge on any atom is -0.756 e. The van der Waals surface area contributed by atoms with Gasteiger partial charge < -0.3 is 138 Å². The minimum atomic E-state index is -6.56. The van der Waals surface area contributed by atoms with Crippen molar-refractivity contribution in [1.82, 2.24) is 0 Å². The summed E-state index contributed by atoms with van der Waals surface area (Å²) in [6.45, 7) is 0. The number of aromatic hydroxyl groups is 6. The molecule has 0 spiro atoms. The molecule has 1 heterocycles. The first-order valence-electron chi connectivity index (χ1n) is 18.8. The van der Waals surface area contributed by atoms with Crippen molar-refractivity contribution in [2.24, 2.45) is 0 Å². The Morgan fingerprint density at radius 3 is 0.362 bits per heavy atom.